The fraction of sp³-hybridized carbons (Fsp3) is 0.227. The van der Waals surface area contributed by atoms with Crippen LogP contribution in [0.1, 0.15) is 138 Å². The molecule has 8 aromatic carbocycles. The first-order chi connectivity index (χ1) is 61.8. The highest BCUT2D eigenvalue weighted by atomic mass is 16.6. The molecule has 0 aliphatic rings. The predicted octanol–water partition coefficient (Wildman–Crippen LogP) is 12.4. The summed E-state index contributed by atoms with van der Waals surface area (Å²) < 4.78 is 141. The van der Waals surface area contributed by atoms with E-state index in [1.165, 1.54) is 0 Å². The van der Waals surface area contributed by atoms with Gasteiger partial charge in [0.2, 0.25) is 23.0 Å². The van der Waals surface area contributed by atoms with Gasteiger partial charge in [-0.1, -0.05) is 0 Å². The summed E-state index contributed by atoms with van der Waals surface area (Å²) >= 11 is 0. The van der Waals surface area contributed by atoms with Gasteiger partial charge in [0.15, 0.2) is 51.7 Å². The third-order valence-corrected chi connectivity index (χ3v) is 15.2. The van der Waals surface area contributed by atoms with Gasteiger partial charge in [-0.25, -0.2) is 0 Å². The minimum atomic E-state index is -1.49. The molecule has 0 aliphatic carbocycles. The van der Waals surface area contributed by atoms with E-state index >= 15 is 0 Å². The molecule has 0 fully saturated rings. The van der Waals surface area contributed by atoms with E-state index in [1.807, 2.05) is 0 Å². The Kier molecular flexibility index (Phi) is 32.5. The van der Waals surface area contributed by atoms with Crippen LogP contribution in [-0.4, -0.2) is 119 Å². The average Bonchev–Trinajstić information content (AvgIpc) is 0.729. The Morgan fingerprint density at radius 3 is 0.545 bits per heavy atom. The lowest BCUT2D eigenvalue weighted by atomic mass is 9.92. The second-order valence-corrected chi connectivity index (χ2v) is 26.8. The number of carbonyl (C=O) groups excluding carboxylic acids is 20. The molecule has 0 unspecified atom stereocenters. The van der Waals surface area contributed by atoms with Crippen molar-refractivity contribution in [3.05, 3.63) is 84.9 Å². The zero-order valence-electron chi connectivity index (χ0n) is 73.0. The molecular formula is C88H74O44. The van der Waals surface area contributed by atoms with Gasteiger partial charge in [0.1, 0.15) is 86.2 Å². The minimum absolute atomic E-state index is 0.509. The van der Waals surface area contributed by atoms with Crippen molar-refractivity contribution < 1.29 is 210 Å². The normalized spacial score (nSPS) is 10.4. The molecule has 0 saturated heterocycles. The highest BCUT2D eigenvalue weighted by Crippen LogP contribution is 2.65. The number of rotatable bonds is 31. The summed E-state index contributed by atoms with van der Waals surface area (Å²) in [6.45, 7) is 16.7. The first-order valence-electron chi connectivity index (χ1n) is 37.7. The fourth-order valence-corrected chi connectivity index (χ4v) is 11.8. The number of ether oxygens (including phenoxy) is 24. The number of esters is 20. The molecule has 0 amide bonds. The Hall–Kier alpha value is -17.6. The van der Waals surface area contributed by atoms with Crippen LogP contribution in [0.5, 0.6) is 161 Å². The van der Waals surface area contributed by atoms with Gasteiger partial charge < -0.3 is 114 Å². The maximum absolute atomic E-state index is 14.4. The van der Waals surface area contributed by atoms with Crippen LogP contribution in [-0.2, 0) is 95.9 Å². The summed E-state index contributed by atoms with van der Waals surface area (Å²) in [4.78, 5) is 270. The van der Waals surface area contributed by atoms with Gasteiger partial charge in [-0.05, 0) is 0 Å². The maximum Gasteiger partial charge on any atom is 0.308 e. The monoisotopic (exact) mass is 1830 g/mol. The topological polar surface area (TPSA) is 563 Å². The molecule has 132 heavy (non-hydrogen) atoms. The van der Waals surface area contributed by atoms with Crippen molar-refractivity contribution in [2.45, 2.75) is 138 Å². The van der Waals surface area contributed by atoms with E-state index in [9.17, 15) is 95.9 Å². The first-order valence-corrected chi connectivity index (χ1v) is 37.7. The SMILES string of the molecule is CC(=O)Oc1cc(OC(C)=O)cc(Oc2c(Oc3c(OC(C)=O)cc(Oc4c(OC(C)=O)cc(OC(C)=O)cc4OC(C)=O)c(-c4c(OC(C)=O)cc(OC(C)=O)cc4OC(C)=O)c3OC(C)=O)cc(OC(C)=O)cc2Oc2c(OC(C)=O)cc(OC(C)=O)c(-c3c(OC(C)=O)cc(OC(C)=O)c(-c4c(OC(C)=O)cc(OC(C)=O)cc4OC(C)=O)c3OC(C)=O)c2OC(C)=O)c1. The van der Waals surface area contributed by atoms with Crippen LogP contribution in [0.4, 0.5) is 0 Å². The molecular weight excluding hydrogens is 1760 g/mol. The number of carbonyl (C=O) groups is 20. The molecule has 0 saturated carbocycles. The second kappa shape index (κ2) is 43.0. The van der Waals surface area contributed by atoms with E-state index in [0.717, 1.165) is 192 Å². The summed E-state index contributed by atoms with van der Waals surface area (Å²) in [5.41, 5.74) is -5.65. The van der Waals surface area contributed by atoms with Crippen molar-refractivity contribution in [1.82, 2.24) is 0 Å². The molecule has 0 N–H and O–H groups in total. The van der Waals surface area contributed by atoms with E-state index in [2.05, 4.69) is 0 Å². The third-order valence-electron chi connectivity index (χ3n) is 15.2. The van der Waals surface area contributed by atoms with Crippen LogP contribution < -0.4 is 114 Å². The molecule has 44 nitrogen and oxygen atoms in total. The van der Waals surface area contributed by atoms with Gasteiger partial charge in [-0.15, -0.1) is 0 Å². The number of benzene rings is 8. The highest BCUT2D eigenvalue weighted by Gasteiger charge is 2.41. The molecule has 8 aromatic rings. The molecule has 0 spiro atoms. The Bertz CT molecular complexity index is 6090. The largest absolute Gasteiger partial charge is 0.449 e. The standard InChI is InChI=1S/C88H74O44/c1-35(89)109-55-21-56(110-36(2)90)23-57(22-55)129-82-72(131-84-75(125-51(17)105)34-69(130-83-70(122-48(14)102)28-60(113-39(5)93)29-71(83)123-49(15)103)79(87(84)127-53(19)107)77-64(117-43(9)97)26-59(112-38(4)92)27-65(77)118-44(10)98)30-61(114-40(6)94)31-73(82)132-85-74(124-50(16)104)33-68(121-47(13)101)81(88(85)128-54(20)108)80-67(120-46(12)100)32-66(119-45(11)99)78(86(80)126-52(18)106)76-62(115-41(7)95)24-58(111-37(3)91)25-63(76)116-42(8)96/h21-34H,1-20H3. The summed E-state index contributed by atoms with van der Waals surface area (Å²) in [7, 11) is 0. The lowest BCUT2D eigenvalue weighted by Crippen LogP contribution is -2.15. The smallest absolute Gasteiger partial charge is 0.308 e. The van der Waals surface area contributed by atoms with Gasteiger partial charge in [0.05, 0.1) is 33.4 Å². The Morgan fingerprint density at radius 1 is 0.121 bits per heavy atom. The lowest BCUT2D eigenvalue weighted by molar-refractivity contribution is -0.134. The van der Waals surface area contributed by atoms with E-state index in [0.29, 0.717) is 31.2 Å². The zero-order chi connectivity index (χ0) is 98.0. The van der Waals surface area contributed by atoms with Crippen LogP contribution in [0.2, 0.25) is 0 Å². The number of hydrogen-bond acceptors (Lipinski definition) is 44. The predicted molar refractivity (Wildman–Crippen MR) is 435 cm³/mol. The van der Waals surface area contributed by atoms with Crippen molar-refractivity contribution in [2.24, 2.45) is 0 Å². The van der Waals surface area contributed by atoms with Crippen LogP contribution in [0.3, 0.4) is 0 Å². The van der Waals surface area contributed by atoms with E-state index < -0.39 is 314 Å². The van der Waals surface area contributed by atoms with Gasteiger partial charge in [0, 0.05) is 223 Å². The molecule has 0 atom stereocenters. The summed E-state index contributed by atoms with van der Waals surface area (Å²) in [6.07, 6.45) is 0. The van der Waals surface area contributed by atoms with Crippen molar-refractivity contribution in [3.8, 4) is 194 Å². The van der Waals surface area contributed by atoms with Crippen LogP contribution >= 0.6 is 0 Å². The van der Waals surface area contributed by atoms with Gasteiger partial charge in [-0.3, -0.25) is 95.9 Å². The van der Waals surface area contributed by atoms with Crippen LogP contribution in [0.15, 0.2) is 84.9 Å². The van der Waals surface area contributed by atoms with Crippen molar-refractivity contribution in [3.63, 3.8) is 0 Å². The third kappa shape index (κ3) is 27.2. The molecule has 690 valence electrons. The van der Waals surface area contributed by atoms with Crippen molar-refractivity contribution >= 4 is 119 Å². The van der Waals surface area contributed by atoms with E-state index in [4.69, 9.17) is 114 Å². The quantitative estimate of drug-likeness (QED) is 0.0288. The fourth-order valence-electron chi connectivity index (χ4n) is 11.8. The Labute approximate surface area is 743 Å². The van der Waals surface area contributed by atoms with Gasteiger partial charge >= 0.3 is 119 Å². The van der Waals surface area contributed by atoms with Crippen molar-refractivity contribution in [1.29, 1.82) is 0 Å². The van der Waals surface area contributed by atoms with Gasteiger partial charge in [0.25, 0.3) is 0 Å². The first kappa shape index (κ1) is 99.8. The molecule has 0 bridgehead atoms. The number of hydrogen-bond donors (Lipinski definition) is 0. The van der Waals surface area contributed by atoms with E-state index in [1.54, 1.807) is 0 Å². The second-order valence-electron chi connectivity index (χ2n) is 26.8. The summed E-state index contributed by atoms with van der Waals surface area (Å²) in [5.74, 6) is -50.6. The summed E-state index contributed by atoms with van der Waals surface area (Å²) in [5, 5.41) is 0. The lowest BCUT2D eigenvalue weighted by Gasteiger charge is -2.26. The highest BCUT2D eigenvalue weighted by molar-refractivity contribution is 6.04. The zero-order valence-corrected chi connectivity index (χ0v) is 73.0. The Balaban J connectivity index is 1.75. The van der Waals surface area contributed by atoms with Gasteiger partial charge in [-0.2, -0.15) is 0 Å². The molecule has 44 heteroatoms. The average molecular weight is 1840 g/mol. The van der Waals surface area contributed by atoms with E-state index in [-0.39, 0.29) is 0 Å². The molecule has 8 rings (SSSR count). The Morgan fingerprint density at radius 2 is 0.280 bits per heavy atom. The maximum atomic E-state index is 14.4. The molecule has 0 radical (unpaired) electrons. The molecule has 0 aromatic heterocycles. The van der Waals surface area contributed by atoms with Crippen LogP contribution in [0, 0.1) is 0 Å². The minimum Gasteiger partial charge on any atom is -0.449 e. The van der Waals surface area contributed by atoms with Crippen LogP contribution in [0.25, 0.3) is 33.4 Å². The summed E-state index contributed by atoms with van der Waals surface area (Å²) in [6, 6.07) is 11.2. The molecule has 0 heterocycles. The molecule has 0 aliphatic heterocycles. The van der Waals surface area contributed by atoms with Crippen molar-refractivity contribution in [2.75, 3.05) is 0 Å².